The molecule has 2 saturated heterocycles. The number of aliphatic hydroxyl groups is 2. The van der Waals surface area contributed by atoms with Gasteiger partial charge in [0, 0.05) is 29.1 Å². The quantitative estimate of drug-likeness (QED) is 0.125. The van der Waals surface area contributed by atoms with Crippen molar-refractivity contribution in [2.24, 2.45) is 34.0 Å². The van der Waals surface area contributed by atoms with Crippen LogP contribution in [0.2, 0.25) is 0 Å². The van der Waals surface area contributed by atoms with E-state index in [4.69, 9.17) is 31.2 Å². The maximum Gasteiger partial charge on any atom is 0.311 e. The summed E-state index contributed by atoms with van der Waals surface area (Å²) < 4.78 is 24.4. The van der Waals surface area contributed by atoms with E-state index in [1.54, 1.807) is 22.5 Å². The minimum atomic E-state index is -2.37. The lowest BCUT2D eigenvalue weighted by molar-refractivity contribution is -0.458. The molecule has 0 radical (unpaired) electrons. The number of carbonyl (C=O) groups is 4. The molecule has 4 bridgehead atoms. The lowest BCUT2D eigenvalue weighted by Gasteiger charge is -2.74. The number of carbonyl (C=O) groups excluding carboxylic acids is 4. The van der Waals surface area contributed by atoms with E-state index in [0.29, 0.717) is 31.4 Å². The second kappa shape index (κ2) is 11.6. The number of benzene rings is 1. The molecule has 13 heteroatoms. The first-order valence-corrected chi connectivity index (χ1v) is 18.8. The number of fused-ring (bicyclic) bond motifs is 2. The molecule has 3 heterocycles. The molecule has 0 amide bonds. The molecule has 9 atom stereocenters. The van der Waals surface area contributed by atoms with Crippen molar-refractivity contribution >= 4 is 56.6 Å². The highest BCUT2D eigenvalue weighted by Gasteiger charge is 2.88. The van der Waals surface area contributed by atoms with Crippen LogP contribution in [-0.2, 0) is 33.4 Å². The van der Waals surface area contributed by atoms with Crippen LogP contribution in [0.25, 0.3) is 10.4 Å². The van der Waals surface area contributed by atoms with Crippen LogP contribution in [0.3, 0.4) is 0 Å². The summed E-state index contributed by atoms with van der Waals surface area (Å²) in [6, 6.07) is 8.90. The van der Waals surface area contributed by atoms with E-state index in [0.717, 1.165) is 14.3 Å². The Morgan fingerprint density at radius 1 is 1.06 bits per heavy atom. The van der Waals surface area contributed by atoms with Gasteiger partial charge in [-0.05, 0) is 78.5 Å². The van der Waals surface area contributed by atoms with Crippen LogP contribution in [0.5, 0.6) is 5.75 Å². The smallest absolute Gasteiger partial charge is 0.311 e. The molecule has 256 valence electrons. The molecular formula is C35H38O10S3. The lowest BCUT2D eigenvalue weighted by Crippen LogP contribution is -2.86. The number of esters is 3. The molecule has 4 saturated carbocycles. The summed E-state index contributed by atoms with van der Waals surface area (Å²) in [7, 11) is 3.07. The largest absolute Gasteiger partial charge is 0.462 e. The van der Waals surface area contributed by atoms with Gasteiger partial charge >= 0.3 is 17.9 Å². The van der Waals surface area contributed by atoms with E-state index in [-0.39, 0.29) is 25.0 Å². The maximum atomic E-state index is 14.4. The lowest BCUT2D eigenvalue weighted by atomic mass is 9.35. The van der Waals surface area contributed by atoms with Gasteiger partial charge in [-0.1, -0.05) is 53.3 Å². The van der Waals surface area contributed by atoms with Crippen molar-refractivity contribution in [3.63, 3.8) is 0 Å². The van der Waals surface area contributed by atoms with Gasteiger partial charge in [-0.15, -0.1) is 0 Å². The summed E-state index contributed by atoms with van der Waals surface area (Å²) in [5.74, 6) is -6.26. The first-order chi connectivity index (χ1) is 22.7. The summed E-state index contributed by atoms with van der Waals surface area (Å²) in [5.41, 5.74) is -2.23. The average Bonchev–Trinajstić information content (AvgIpc) is 3.51. The molecule has 2 aliphatic heterocycles. The minimum absolute atomic E-state index is 0.0280. The second-order valence-corrected chi connectivity index (χ2v) is 17.4. The van der Waals surface area contributed by atoms with Crippen molar-refractivity contribution in [2.45, 2.75) is 83.4 Å². The molecule has 0 unspecified atom stereocenters. The summed E-state index contributed by atoms with van der Waals surface area (Å²) in [4.78, 5) is 53.9. The third-order valence-corrected chi connectivity index (χ3v) is 14.7. The SMILES string of the molecule is C=C1C(=O)[C@]23[C@H](OC(=O)CCC(=O)Oc4ccc(-c5cc(=S)ss5)cc4)[C@H]1CC[C@H]2[C@@]12CO[C@]3(O)[C@@H](O)[C@@H]1C(C)(C)CC[C@@H]2OC(C)=O. The molecule has 10 nitrogen and oxygen atoms in total. The predicted molar refractivity (Wildman–Crippen MR) is 177 cm³/mol. The van der Waals surface area contributed by atoms with Gasteiger partial charge in [0.25, 0.3) is 0 Å². The molecule has 2 spiro atoms. The van der Waals surface area contributed by atoms with Crippen LogP contribution in [0.4, 0.5) is 0 Å². The van der Waals surface area contributed by atoms with E-state index in [1.807, 2.05) is 32.0 Å². The fraction of sp³-hybridized carbons (Fsp3) is 0.571. The first kappa shape index (κ1) is 33.7. The first-order valence-electron chi connectivity index (χ1n) is 16.2. The van der Waals surface area contributed by atoms with Gasteiger partial charge in [-0.25, -0.2) is 0 Å². The zero-order valence-electron chi connectivity index (χ0n) is 26.9. The average molecular weight is 715 g/mol. The van der Waals surface area contributed by atoms with E-state index >= 15 is 0 Å². The molecule has 48 heavy (non-hydrogen) atoms. The molecule has 6 fully saturated rings. The Balaban J connectivity index is 1.13. The fourth-order valence-electron chi connectivity index (χ4n) is 10.0. The Bertz CT molecular complexity index is 1760. The van der Waals surface area contributed by atoms with Crippen molar-refractivity contribution < 1.29 is 48.3 Å². The Labute approximate surface area is 290 Å². The zero-order chi connectivity index (χ0) is 34.4. The summed E-state index contributed by atoms with van der Waals surface area (Å²) in [6.45, 7) is 9.37. The Morgan fingerprint density at radius 3 is 2.44 bits per heavy atom. The van der Waals surface area contributed by atoms with Crippen LogP contribution in [0.15, 0.2) is 42.5 Å². The minimum Gasteiger partial charge on any atom is -0.462 e. The van der Waals surface area contributed by atoms with Crippen molar-refractivity contribution in [3.05, 3.63) is 46.3 Å². The fourth-order valence-corrected chi connectivity index (χ4v) is 12.4. The summed E-state index contributed by atoms with van der Waals surface area (Å²) in [5, 5.41) is 24.5. The van der Waals surface area contributed by atoms with Gasteiger partial charge in [0.15, 0.2) is 5.78 Å². The normalized spacial score (nSPS) is 37.4. The highest BCUT2D eigenvalue weighted by molar-refractivity contribution is 7.80. The van der Waals surface area contributed by atoms with Gasteiger partial charge in [0.1, 0.15) is 33.3 Å². The Kier molecular flexibility index (Phi) is 8.16. The maximum absolute atomic E-state index is 14.4. The standard InChI is InChI=1S/C35H38O10S3/c1-17-21-9-10-23-33-16-42-35(41,30(40)28(33)32(3,4)14-13-24(33)43-18(2)36)34(23,29(17)39)31(21)45-26(38)12-11-25(37)44-20-7-5-19(6-8-20)22-15-27(46)48-47-22/h5-8,15,21,23-24,28,30-31,40-41H,1,9-14,16H2,2-4H3/t21-,23-,24-,28+,30-,31+,33+,34-,35+/m0/s1. The number of ketones is 1. The van der Waals surface area contributed by atoms with Crippen LogP contribution in [0, 0.1) is 37.8 Å². The van der Waals surface area contributed by atoms with Crippen molar-refractivity contribution in [1.29, 1.82) is 0 Å². The number of hydrogen-bond acceptors (Lipinski definition) is 13. The third kappa shape index (κ3) is 4.68. The van der Waals surface area contributed by atoms with Crippen molar-refractivity contribution in [3.8, 4) is 16.2 Å². The van der Waals surface area contributed by atoms with Crippen molar-refractivity contribution in [1.82, 2.24) is 0 Å². The second-order valence-electron chi connectivity index (χ2n) is 14.5. The van der Waals surface area contributed by atoms with Gasteiger partial charge in [-0.2, -0.15) is 0 Å². The monoisotopic (exact) mass is 714 g/mol. The Hall–Kier alpha value is -2.81. The molecule has 1 aromatic carbocycles. The third-order valence-electron chi connectivity index (χ3n) is 11.7. The highest BCUT2D eigenvalue weighted by Crippen LogP contribution is 2.77. The predicted octanol–water partition coefficient (Wildman–Crippen LogP) is 5.40. The Morgan fingerprint density at radius 2 is 1.77 bits per heavy atom. The number of rotatable bonds is 7. The van der Waals surface area contributed by atoms with Crippen molar-refractivity contribution in [2.75, 3.05) is 6.61 Å². The van der Waals surface area contributed by atoms with E-state index in [1.165, 1.54) is 17.3 Å². The van der Waals surface area contributed by atoms with E-state index in [2.05, 4.69) is 6.58 Å². The molecule has 8 rings (SSSR count). The van der Waals surface area contributed by atoms with Crippen LogP contribution >= 0.6 is 32.9 Å². The van der Waals surface area contributed by atoms with E-state index in [9.17, 15) is 29.4 Å². The van der Waals surface area contributed by atoms with Crippen LogP contribution in [0.1, 0.15) is 59.3 Å². The van der Waals surface area contributed by atoms with E-state index < -0.39 is 81.8 Å². The summed E-state index contributed by atoms with van der Waals surface area (Å²) in [6.07, 6.45) is -2.02. The molecule has 2 aromatic rings. The van der Waals surface area contributed by atoms with Crippen LogP contribution < -0.4 is 4.74 Å². The number of Topliss-reactive ketones (excluding diaryl/α,β-unsaturated/α-hetero) is 1. The summed E-state index contributed by atoms with van der Waals surface area (Å²) >= 11 is 5.20. The zero-order valence-corrected chi connectivity index (χ0v) is 29.3. The highest BCUT2D eigenvalue weighted by atomic mass is 32.9. The molecule has 1 aromatic heterocycles. The van der Waals surface area contributed by atoms with Gasteiger partial charge in [0.2, 0.25) is 5.79 Å². The topological polar surface area (TPSA) is 146 Å². The number of ether oxygens (including phenoxy) is 4. The van der Waals surface area contributed by atoms with Gasteiger partial charge in [0.05, 0.1) is 19.4 Å². The number of aliphatic hydroxyl groups excluding tert-OH is 1. The van der Waals surface area contributed by atoms with Gasteiger partial charge < -0.3 is 29.2 Å². The number of hydrogen-bond donors (Lipinski definition) is 2. The molecule has 6 aliphatic rings. The molecular weight excluding hydrogens is 677 g/mol. The molecule has 2 N–H and O–H groups in total. The molecule has 4 aliphatic carbocycles. The van der Waals surface area contributed by atoms with Crippen LogP contribution in [-0.4, -0.2) is 64.6 Å². The van der Waals surface area contributed by atoms with Gasteiger partial charge in [-0.3, -0.25) is 19.2 Å².